The van der Waals surface area contributed by atoms with Gasteiger partial charge in [-0.05, 0) is 25.0 Å². The van der Waals surface area contributed by atoms with E-state index in [0.717, 1.165) is 28.6 Å². The predicted octanol–water partition coefficient (Wildman–Crippen LogP) is 2.88. The smallest absolute Gasteiger partial charge is 0.265 e. The molecule has 0 bridgehead atoms. The molecule has 1 heterocycles. The Balaban J connectivity index is 2.09. The molecule has 3 nitrogen and oxygen atoms in total. The average Bonchev–Trinajstić information content (AvgIpc) is 2.57. The summed E-state index contributed by atoms with van der Waals surface area (Å²) in [4.78, 5) is 0. The third kappa shape index (κ3) is 3.87. The summed E-state index contributed by atoms with van der Waals surface area (Å²) in [5, 5.41) is 12.2. The molecule has 1 aliphatic heterocycles. The largest absolute Gasteiger partial charge is 0.493 e. The van der Waals surface area contributed by atoms with Crippen molar-refractivity contribution in [2.45, 2.75) is 31.4 Å². The standard InChI is InChI=1S/C13H16BrF2NO2/c14-8-3-4-9-10(17-7-11(18)13(15)16)2-1-5-19-12(9)6-8/h3-4,6,10-11,13,17-18H,1-2,5,7H2. The zero-order valence-corrected chi connectivity index (χ0v) is 11.9. The topological polar surface area (TPSA) is 41.5 Å². The van der Waals surface area contributed by atoms with E-state index >= 15 is 0 Å². The van der Waals surface area contributed by atoms with E-state index in [2.05, 4.69) is 21.2 Å². The Hall–Kier alpha value is -0.720. The summed E-state index contributed by atoms with van der Waals surface area (Å²) in [5.41, 5.74) is 0.946. The maximum atomic E-state index is 12.3. The molecule has 0 spiro atoms. The van der Waals surface area contributed by atoms with E-state index in [1.165, 1.54) is 0 Å². The number of ether oxygens (including phenoxy) is 1. The van der Waals surface area contributed by atoms with Crippen molar-refractivity contribution < 1.29 is 18.6 Å². The van der Waals surface area contributed by atoms with Crippen molar-refractivity contribution in [3.05, 3.63) is 28.2 Å². The number of aliphatic hydroxyl groups excluding tert-OH is 1. The van der Waals surface area contributed by atoms with Crippen molar-refractivity contribution in [1.82, 2.24) is 5.32 Å². The highest BCUT2D eigenvalue weighted by molar-refractivity contribution is 9.10. The molecule has 2 atom stereocenters. The highest BCUT2D eigenvalue weighted by Crippen LogP contribution is 2.33. The van der Waals surface area contributed by atoms with Gasteiger partial charge < -0.3 is 15.2 Å². The van der Waals surface area contributed by atoms with Crippen LogP contribution in [0.1, 0.15) is 24.4 Å². The van der Waals surface area contributed by atoms with Gasteiger partial charge in [-0.25, -0.2) is 8.78 Å². The quantitative estimate of drug-likeness (QED) is 0.888. The Bertz CT molecular complexity index is 431. The zero-order chi connectivity index (χ0) is 13.8. The SMILES string of the molecule is OC(CNC1CCCOc2cc(Br)ccc21)C(F)F. The van der Waals surface area contributed by atoms with Crippen LogP contribution in [0.4, 0.5) is 8.78 Å². The third-order valence-corrected chi connectivity index (χ3v) is 3.60. The molecular weight excluding hydrogens is 320 g/mol. The first-order valence-electron chi connectivity index (χ1n) is 6.20. The lowest BCUT2D eigenvalue weighted by atomic mass is 10.0. The minimum absolute atomic E-state index is 0.0704. The molecule has 0 aromatic heterocycles. The van der Waals surface area contributed by atoms with E-state index in [1.54, 1.807) is 0 Å². The molecular formula is C13H16BrF2NO2. The number of rotatable bonds is 4. The van der Waals surface area contributed by atoms with Crippen molar-refractivity contribution >= 4 is 15.9 Å². The molecule has 1 aromatic rings. The number of halogens is 3. The molecule has 106 valence electrons. The van der Waals surface area contributed by atoms with Crippen molar-refractivity contribution in [2.24, 2.45) is 0 Å². The molecule has 0 radical (unpaired) electrons. The van der Waals surface area contributed by atoms with E-state index < -0.39 is 12.5 Å². The number of hydrogen-bond donors (Lipinski definition) is 2. The minimum Gasteiger partial charge on any atom is -0.493 e. The van der Waals surface area contributed by atoms with Gasteiger partial charge in [0.25, 0.3) is 6.43 Å². The maximum absolute atomic E-state index is 12.3. The van der Waals surface area contributed by atoms with Gasteiger partial charge in [0.05, 0.1) is 6.61 Å². The predicted molar refractivity (Wildman–Crippen MR) is 71.6 cm³/mol. The maximum Gasteiger partial charge on any atom is 0.265 e. The fourth-order valence-corrected chi connectivity index (χ4v) is 2.45. The minimum atomic E-state index is -2.72. The van der Waals surface area contributed by atoms with E-state index in [4.69, 9.17) is 9.84 Å². The van der Waals surface area contributed by atoms with Gasteiger partial charge in [0, 0.05) is 22.6 Å². The summed E-state index contributed by atoms with van der Waals surface area (Å²) < 4.78 is 31.1. The van der Waals surface area contributed by atoms with Crippen molar-refractivity contribution in [3.63, 3.8) is 0 Å². The molecule has 0 aliphatic carbocycles. The lowest BCUT2D eigenvalue weighted by molar-refractivity contribution is -0.00477. The van der Waals surface area contributed by atoms with Gasteiger partial charge >= 0.3 is 0 Å². The first-order chi connectivity index (χ1) is 9.08. The summed E-state index contributed by atoms with van der Waals surface area (Å²) >= 11 is 3.38. The molecule has 0 fully saturated rings. The van der Waals surface area contributed by atoms with Crippen LogP contribution in [0.15, 0.2) is 22.7 Å². The second-order valence-corrected chi connectivity index (χ2v) is 5.45. The Morgan fingerprint density at radius 2 is 2.26 bits per heavy atom. The molecule has 2 unspecified atom stereocenters. The molecule has 0 amide bonds. The molecule has 0 saturated heterocycles. The summed E-state index contributed by atoms with van der Waals surface area (Å²) in [6.07, 6.45) is -2.72. The monoisotopic (exact) mass is 335 g/mol. The van der Waals surface area contributed by atoms with Crippen LogP contribution >= 0.6 is 15.9 Å². The number of aliphatic hydroxyl groups is 1. The van der Waals surface area contributed by atoms with E-state index in [1.807, 2.05) is 18.2 Å². The Labute approximate surface area is 119 Å². The second kappa shape index (κ2) is 6.63. The Morgan fingerprint density at radius 1 is 1.47 bits per heavy atom. The fourth-order valence-electron chi connectivity index (χ4n) is 2.11. The number of fused-ring (bicyclic) bond motifs is 1. The van der Waals surface area contributed by atoms with Gasteiger partial charge in [0.1, 0.15) is 11.9 Å². The van der Waals surface area contributed by atoms with Crippen LogP contribution in [-0.2, 0) is 0 Å². The normalized spacial score (nSPS) is 20.6. The van der Waals surface area contributed by atoms with E-state index in [0.29, 0.717) is 6.61 Å². The van der Waals surface area contributed by atoms with Gasteiger partial charge in [-0.1, -0.05) is 22.0 Å². The first-order valence-corrected chi connectivity index (χ1v) is 6.99. The number of alkyl halides is 2. The van der Waals surface area contributed by atoms with Crippen molar-refractivity contribution in [3.8, 4) is 5.75 Å². The molecule has 0 saturated carbocycles. The molecule has 19 heavy (non-hydrogen) atoms. The van der Waals surface area contributed by atoms with Crippen LogP contribution in [0.3, 0.4) is 0 Å². The summed E-state index contributed by atoms with van der Waals surface area (Å²) in [7, 11) is 0. The molecule has 6 heteroatoms. The summed E-state index contributed by atoms with van der Waals surface area (Å²) in [5.74, 6) is 0.760. The van der Waals surface area contributed by atoms with Crippen LogP contribution in [-0.4, -0.2) is 30.8 Å². The Morgan fingerprint density at radius 3 is 3.00 bits per heavy atom. The van der Waals surface area contributed by atoms with Crippen molar-refractivity contribution in [2.75, 3.05) is 13.2 Å². The molecule has 1 aliphatic rings. The van der Waals surface area contributed by atoms with Gasteiger partial charge in [-0.2, -0.15) is 0 Å². The highest BCUT2D eigenvalue weighted by atomic mass is 79.9. The molecule has 2 rings (SSSR count). The molecule has 2 N–H and O–H groups in total. The van der Waals surface area contributed by atoms with Crippen LogP contribution in [0.2, 0.25) is 0 Å². The zero-order valence-electron chi connectivity index (χ0n) is 10.3. The van der Waals surface area contributed by atoms with E-state index in [9.17, 15) is 8.78 Å². The lowest BCUT2D eigenvalue weighted by Gasteiger charge is -2.20. The Kier molecular flexibility index (Phi) is 5.13. The van der Waals surface area contributed by atoms with Crippen LogP contribution < -0.4 is 10.1 Å². The van der Waals surface area contributed by atoms with Gasteiger partial charge in [-0.15, -0.1) is 0 Å². The highest BCUT2D eigenvalue weighted by Gasteiger charge is 2.23. The third-order valence-electron chi connectivity index (χ3n) is 3.11. The number of hydrogen-bond acceptors (Lipinski definition) is 3. The van der Waals surface area contributed by atoms with E-state index in [-0.39, 0.29) is 12.6 Å². The van der Waals surface area contributed by atoms with Gasteiger partial charge in [0.2, 0.25) is 0 Å². The van der Waals surface area contributed by atoms with Crippen LogP contribution in [0.25, 0.3) is 0 Å². The van der Waals surface area contributed by atoms with Crippen molar-refractivity contribution in [1.29, 1.82) is 0 Å². The lowest BCUT2D eigenvalue weighted by Crippen LogP contribution is -2.34. The number of nitrogens with one attached hydrogen (secondary N) is 1. The molecule has 1 aromatic carbocycles. The van der Waals surface area contributed by atoms with Gasteiger partial charge in [0.15, 0.2) is 0 Å². The summed E-state index contributed by atoms with van der Waals surface area (Å²) in [6.45, 7) is 0.483. The van der Waals surface area contributed by atoms with Gasteiger partial charge in [-0.3, -0.25) is 0 Å². The fraction of sp³-hybridized carbons (Fsp3) is 0.538. The van der Waals surface area contributed by atoms with Crippen LogP contribution in [0, 0.1) is 0 Å². The first kappa shape index (κ1) is 14.7. The van der Waals surface area contributed by atoms with Crippen LogP contribution in [0.5, 0.6) is 5.75 Å². The summed E-state index contributed by atoms with van der Waals surface area (Å²) in [6, 6.07) is 5.61. The number of benzene rings is 1. The second-order valence-electron chi connectivity index (χ2n) is 4.54. The average molecular weight is 336 g/mol.